The molecule has 5 rings (SSSR count). The van der Waals surface area contributed by atoms with Crippen molar-refractivity contribution in [3.05, 3.63) is 88.2 Å². The Labute approximate surface area is 237 Å². The predicted octanol–water partition coefficient (Wildman–Crippen LogP) is 5.79. The Bertz CT molecular complexity index is 1540. The van der Waals surface area contributed by atoms with Crippen molar-refractivity contribution in [2.24, 2.45) is 0 Å². The van der Waals surface area contributed by atoms with Gasteiger partial charge in [0.15, 0.2) is 5.60 Å². The van der Waals surface area contributed by atoms with Crippen LogP contribution in [0.3, 0.4) is 0 Å². The fourth-order valence-electron chi connectivity index (χ4n) is 5.99. The maximum atomic E-state index is 14.8. The highest BCUT2D eigenvalue weighted by atomic mass is 35.5. The molecule has 1 fully saturated rings. The average Bonchev–Trinajstić information content (AvgIpc) is 3.18. The highest BCUT2D eigenvalue weighted by molar-refractivity contribution is 6.31. The van der Waals surface area contributed by atoms with Crippen LogP contribution in [0.15, 0.2) is 60.7 Å². The third-order valence-electron chi connectivity index (χ3n) is 7.79. The summed E-state index contributed by atoms with van der Waals surface area (Å²) in [7, 11) is 3.26. The van der Waals surface area contributed by atoms with Crippen molar-refractivity contribution in [1.82, 2.24) is 4.90 Å². The normalized spacial score (nSPS) is 20.4. The van der Waals surface area contributed by atoms with Crippen LogP contribution in [0.5, 0.6) is 5.75 Å². The first-order chi connectivity index (χ1) is 18.9. The molecule has 2 aliphatic heterocycles. The van der Waals surface area contributed by atoms with E-state index in [9.17, 15) is 18.8 Å². The second-order valence-corrected chi connectivity index (χ2v) is 11.5. The zero-order chi connectivity index (χ0) is 29.0. The molecule has 7 nitrogen and oxygen atoms in total. The van der Waals surface area contributed by atoms with E-state index >= 15 is 0 Å². The van der Waals surface area contributed by atoms with Crippen LogP contribution in [-0.2, 0) is 19.8 Å². The molecule has 2 aliphatic rings. The van der Waals surface area contributed by atoms with E-state index in [2.05, 4.69) is 5.32 Å². The number of likely N-dealkylation sites (N-methyl/N-ethyl adjacent to an activating group) is 1. The first-order valence-electron chi connectivity index (χ1n) is 13.1. The van der Waals surface area contributed by atoms with E-state index < -0.39 is 22.9 Å². The molecule has 0 radical (unpaired) electrons. The number of para-hydroxylation sites is 1. The molecule has 0 bridgehead atoms. The van der Waals surface area contributed by atoms with Gasteiger partial charge in [0.05, 0.1) is 11.7 Å². The highest BCUT2D eigenvalue weighted by Crippen LogP contribution is 2.56. The number of nitrogens with zero attached hydrogens (tertiary/aromatic N) is 2. The fraction of sp³-hybridized carbons (Fsp3) is 0.323. The van der Waals surface area contributed by atoms with Crippen LogP contribution in [0.25, 0.3) is 0 Å². The number of carbonyl (C=O) groups is 3. The lowest BCUT2D eigenvalue weighted by Crippen LogP contribution is -2.55. The molecule has 2 unspecified atom stereocenters. The third kappa shape index (κ3) is 4.40. The number of rotatable bonds is 5. The number of fused-ring (bicyclic) bond motifs is 2. The summed E-state index contributed by atoms with van der Waals surface area (Å²) in [6.45, 7) is 5.11. The minimum absolute atomic E-state index is 0.0542. The van der Waals surface area contributed by atoms with Gasteiger partial charge in [0, 0.05) is 31.2 Å². The van der Waals surface area contributed by atoms with Crippen LogP contribution in [0.1, 0.15) is 49.4 Å². The van der Waals surface area contributed by atoms with Crippen molar-refractivity contribution < 1.29 is 23.5 Å². The third-order valence-corrected chi connectivity index (χ3v) is 8.03. The molecule has 0 aromatic heterocycles. The van der Waals surface area contributed by atoms with E-state index in [1.165, 1.54) is 21.9 Å². The van der Waals surface area contributed by atoms with Crippen LogP contribution >= 0.6 is 11.6 Å². The van der Waals surface area contributed by atoms with Crippen molar-refractivity contribution in [3.63, 3.8) is 0 Å². The Kier molecular flexibility index (Phi) is 6.86. The summed E-state index contributed by atoms with van der Waals surface area (Å²) in [6.07, 6.45) is 0.283. The lowest BCUT2D eigenvalue weighted by Gasteiger charge is -2.48. The van der Waals surface area contributed by atoms with Crippen LogP contribution in [-0.4, -0.2) is 42.3 Å². The van der Waals surface area contributed by atoms with Crippen LogP contribution in [0.2, 0.25) is 5.02 Å². The van der Waals surface area contributed by atoms with E-state index in [-0.39, 0.29) is 36.3 Å². The first kappa shape index (κ1) is 27.6. The Hall–Kier alpha value is -3.91. The number of nitrogens with one attached hydrogen (secondary N) is 1. The maximum absolute atomic E-state index is 14.8. The molecule has 2 atom stereocenters. The Morgan fingerprint density at radius 3 is 2.58 bits per heavy atom. The second-order valence-electron chi connectivity index (χ2n) is 11.1. The van der Waals surface area contributed by atoms with Gasteiger partial charge in [-0.15, -0.1) is 0 Å². The molecule has 9 heteroatoms. The molecule has 0 saturated carbocycles. The fourth-order valence-corrected chi connectivity index (χ4v) is 6.15. The number of aryl methyl sites for hydroxylation is 1. The molecule has 3 aromatic carbocycles. The molecular weight excluding hydrogens is 533 g/mol. The molecule has 3 amide bonds. The standard InChI is InChI=1S/C31H31ClFN3O4/c1-18-10-12-20(33)17-21(18)27-31(22-8-6-7-9-23(22)34-28(31)38)15-14-26(37)36(27)24-16-19(32)11-13-25(24)40-30(2,3)29(39)35(4)5/h6-13,16-17,27H,14-15H2,1-5H3,(H,34,38). The highest BCUT2D eigenvalue weighted by Gasteiger charge is 2.59. The molecule has 40 heavy (non-hydrogen) atoms. The van der Waals surface area contributed by atoms with Gasteiger partial charge in [-0.05, 0) is 80.3 Å². The lowest BCUT2D eigenvalue weighted by molar-refractivity contribution is -0.142. The molecule has 2 heterocycles. The predicted molar refractivity (Wildman–Crippen MR) is 152 cm³/mol. The minimum atomic E-state index is -1.29. The first-order valence-corrected chi connectivity index (χ1v) is 13.4. The van der Waals surface area contributed by atoms with Gasteiger partial charge in [-0.1, -0.05) is 35.9 Å². The number of carbonyl (C=O) groups excluding carboxylic acids is 3. The number of hydrogen-bond donors (Lipinski definition) is 1. The summed E-state index contributed by atoms with van der Waals surface area (Å²) in [4.78, 5) is 43.8. The summed E-state index contributed by atoms with van der Waals surface area (Å²) in [5.74, 6) is -1.08. The molecule has 0 aliphatic carbocycles. The quantitative estimate of drug-likeness (QED) is 0.426. The molecule has 1 N–H and O–H groups in total. The zero-order valence-corrected chi connectivity index (χ0v) is 23.8. The Morgan fingerprint density at radius 1 is 1.12 bits per heavy atom. The van der Waals surface area contributed by atoms with Gasteiger partial charge >= 0.3 is 0 Å². The number of amides is 3. The number of hydrogen-bond acceptors (Lipinski definition) is 4. The van der Waals surface area contributed by atoms with E-state index in [4.69, 9.17) is 16.3 Å². The van der Waals surface area contributed by atoms with Crippen molar-refractivity contribution >= 4 is 40.7 Å². The minimum Gasteiger partial charge on any atom is -0.476 e. The van der Waals surface area contributed by atoms with Gasteiger partial charge in [0.2, 0.25) is 11.8 Å². The number of ether oxygens (including phenoxy) is 1. The molecule has 3 aromatic rings. The maximum Gasteiger partial charge on any atom is 0.265 e. The number of anilines is 2. The number of halogens is 2. The van der Waals surface area contributed by atoms with Crippen molar-refractivity contribution in [3.8, 4) is 5.75 Å². The summed E-state index contributed by atoms with van der Waals surface area (Å²) in [5.41, 5.74) is 0.397. The van der Waals surface area contributed by atoms with Gasteiger partial charge in [-0.2, -0.15) is 0 Å². The van der Waals surface area contributed by atoms with E-state index in [0.29, 0.717) is 22.0 Å². The number of piperidine rings is 1. The Morgan fingerprint density at radius 2 is 1.85 bits per heavy atom. The van der Waals surface area contributed by atoms with Crippen molar-refractivity contribution in [2.45, 2.75) is 50.7 Å². The lowest BCUT2D eigenvalue weighted by atomic mass is 9.66. The smallest absolute Gasteiger partial charge is 0.265 e. The summed E-state index contributed by atoms with van der Waals surface area (Å²) in [5, 5.41) is 3.32. The zero-order valence-electron chi connectivity index (χ0n) is 23.0. The number of benzene rings is 3. The van der Waals surface area contributed by atoms with E-state index in [1.807, 2.05) is 31.2 Å². The van der Waals surface area contributed by atoms with Crippen LogP contribution in [0, 0.1) is 12.7 Å². The van der Waals surface area contributed by atoms with Gasteiger partial charge in [-0.3, -0.25) is 19.3 Å². The van der Waals surface area contributed by atoms with E-state index in [1.54, 1.807) is 52.2 Å². The van der Waals surface area contributed by atoms with E-state index in [0.717, 1.165) is 11.1 Å². The molecule has 1 saturated heterocycles. The SMILES string of the molecule is Cc1ccc(F)cc1C1N(c2cc(Cl)ccc2OC(C)(C)C(=O)N(C)C)C(=O)CCC12C(=O)Nc1ccccc12. The van der Waals surface area contributed by atoms with Crippen LogP contribution in [0.4, 0.5) is 15.8 Å². The Balaban J connectivity index is 1.78. The average molecular weight is 564 g/mol. The van der Waals surface area contributed by atoms with Gasteiger partial charge in [0.1, 0.15) is 17.0 Å². The second kappa shape index (κ2) is 9.93. The summed E-state index contributed by atoms with van der Waals surface area (Å²) in [6, 6.07) is 15.6. The van der Waals surface area contributed by atoms with Gasteiger partial charge < -0.3 is 15.0 Å². The monoisotopic (exact) mass is 563 g/mol. The molecule has 1 spiro atoms. The largest absolute Gasteiger partial charge is 0.476 e. The summed E-state index contributed by atoms with van der Waals surface area (Å²) >= 11 is 6.47. The molecule has 208 valence electrons. The van der Waals surface area contributed by atoms with Gasteiger partial charge in [0.25, 0.3) is 5.91 Å². The van der Waals surface area contributed by atoms with Crippen molar-refractivity contribution in [1.29, 1.82) is 0 Å². The van der Waals surface area contributed by atoms with Crippen molar-refractivity contribution in [2.75, 3.05) is 24.3 Å². The summed E-state index contributed by atoms with van der Waals surface area (Å²) < 4.78 is 21.1. The molecular formula is C31H31ClFN3O4. The van der Waals surface area contributed by atoms with Crippen LogP contribution < -0.4 is 15.0 Å². The van der Waals surface area contributed by atoms with Gasteiger partial charge in [-0.25, -0.2) is 4.39 Å². The topological polar surface area (TPSA) is 79.0 Å².